The maximum Gasteiger partial charge on any atom is 0.279 e. The van der Waals surface area contributed by atoms with E-state index in [0.717, 1.165) is 11.1 Å². The van der Waals surface area contributed by atoms with Gasteiger partial charge in [-0.3, -0.25) is 20.4 Å². The molecule has 0 bridgehead atoms. The van der Waals surface area contributed by atoms with Crippen LogP contribution in [0.2, 0.25) is 5.02 Å². The Morgan fingerprint density at radius 1 is 1.04 bits per heavy atom. The Balaban J connectivity index is 1.89. The lowest BCUT2D eigenvalue weighted by Crippen LogP contribution is -2.47. The number of nitrogens with one attached hydrogen (secondary N) is 2. The van der Waals surface area contributed by atoms with Crippen molar-refractivity contribution in [3.8, 4) is 5.75 Å². The van der Waals surface area contributed by atoms with E-state index >= 15 is 0 Å². The molecular formula is C18H19ClN2O3. The predicted molar refractivity (Wildman–Crippen MR) is 93.1 cm³/mol. The highest BCUT2D eigenvalue weighted by atomic mass is 35.5. The maximum absolute atomic E-state index is 12.0. The molecule has 0 saturated carbocycles. The largest absolute Gasteiger partial charge is 0.481 e. The zero-order chi connectivity index (χ0) is 17.7. The molecule has 2 rings (SSSR count). The highest BCUT2D eigenvalue weighted by Gasteiger charge is 2.16. The van der Waals surface area contributed by atoms with Crippen molar-refractivity contribution in [3.63, 3.8) is 0 Å². The number of rotatable bonds is 4. The quantitative estimate of drug-likeness (QED) is 0.835. The summed E-state index contributed by atoms with van der Waals surface area (Å²) >= 11 is 5.89. The van der Waals surface area contributed by atoms with Crippen LogP contribution >= 0.6 is 11.6 Å². The highest BCUT2D eigenvalue weighted by Crippen LogP contribution is 2.22. The normalized spacial score (nSPS) is 11.5. The van der Waals surface area contributed by atoms with Crippen LogP contribution in [0.25, 0.3) is 0 Å². The number of amides is 2. The molecule has 0 heterocycles. The molecule has 5 nitrogen and oxygen atoms in total. The van der Waals surface area contributed by atoms with E-state index in [4.69, 9.17) is 16.3 Å². The third kappa shape index (κ3) is 4.73. The number of hydrogen-bond acceptors (Lipinski definition) is 3. The molecule has 0 radical (unpaired) electrons. The lowest BCUT2D eigenvalue weighted by molar-refractivity contribution is -0.128. The minimum absolute atomic E-state index is 0.391. The molecule has 2 amide bonds. The van der Waals surface area contributed by atoms with Gasteiger partial charge in [-0.2, -0.15) is 0 Å². The highest BCUT2D eigenvalue weighted by molar-refractivity contribution is 6.30. The molecule has 0 spiro atoms. The molecule has 2 aromatic carbocycles. The molecule has 126 valence electrons. The van der Waals surface area contributed by atoms with Crippen LogP contribution in [-0.2, 0) is 4.79 Å². The third-order valence-corrected chi connectivity index (χ3v) is 3.66. The number of hydrogen-bond donors (Lipinski definition) is 2. The fraction of sp³-hybridized carbons (Fsp3) is 0.222. The van der Waals surface area contributed by atoms with Gasteiger partial charge in [0.1, 0.15) is 5.75 Å². The molecule has 0 aliphatic heterocycles. The van der Waals surface area contributed by atoms with E-state index in [1.807, 2.05) is 26.0 Å². The second-order valence-corrected chi connectivity index (χ2v) is 5.92. The number of benzene rings is 2. The molecule has 1 atom stereocenters. The second kappa shape index (κ2) is 7.84. The van der Waals surface area contributed by atoms with Crippen LogP contribution < -0.4 is 15.6 Å². The van der Waals surface area contributed by atoms with Crippen LogP contribution in [0.5, 0.6) is 5.75 Å². The fourth-order valence-electron chi connectivity index (χ4n) is 1.99. The van der Waals surface area contributed by atoms with Crippen LogP contribution in [0.15, 0.2) is 42.5 Å². The standard InChI is InChI=1S/C18H19ClN2O3/c1-11-4-6-14(7-5-11)18(23)21-20-17(22)13(3)24-16-9-8-15(19)10-12(16)2/h4-10,13H,1-3H3,(H,20,22)(H,21,23). The van der Waals surface area contributed by atoms with Crippen molar-refractivity contribution in [2.45, 2.75) is 26.9 Å². The number of ether oxygens (including phenoxy) is 1. The van der Waals surface area contributed by atoms with Crippen molar-refractivity contribution < 1.29 is 14.3 Å². The Bertz CT molecular complexity index is 744. The van der Waals surface area contributed by atoms with E-state index < -0.39 is 17.9 Å². The van der Waals surface area contributed by atoms with Crippen LogP contribution in [0.3, 0.4) is 0 Å². The molecule has 0 saturated heterocycles. The van der Waals surface area contributed by atoms with Crippen molar-refractivity contribution in [2.75, 3.05) is 0 Å². The van der Waals surface area contributed by atoms with Gasteiger partial charge in [0.2, 0.25) is 0 Å². The molecule has 2 N–H and O–H groups in total. The first kappa shape index (κ1) is 17.8. The molecule has 2 aromatic rings. The first-order valence-electron chi connectivity index (χ1n) is 7.46. The number of hydrazine groups is 1. The summed E-state index contributed by atoms with van der Waals surface area (Å²) in [6, 6.07) is 12.2. The van der Waals surface area contributed by atoms with Crippen LogP contribution in [0, 0.1) is 13.8 Å². The van der Waals surface area contributed by atoms with Gasteiger partial charge in [0.15, 0.2) is 6.10 Å². The molecule has 0 aromatic heterocycles. The summed E-state index contributed by atoms with van der Waals surface area (Å²) in [6.45, 7) is 5.37. The van der Waals surface area contributed by atoms with E-state index in [2.05, 4.69) is 10.9 Å². The summed E-state index contributed by atoms with van der Waals surface area (Å²) in [7, 11) is 0. The SMILES string of the molecule is Cc1ccc(C(=O)NNC(=O)C(C)Oc2ccc(Cl)cc2C)cc1. The first-order valence-corrected chi connectivity index (χ1v) is 7.84. The Labute approximate surface area is 145 Å². The lowest BCUT2D eigenvalue weighted by Gasteiger charge is -2.16. The summed E-state index contributed by atoms with van der Waals surface area (Å²) < 4.78 is 5.59. The van der Waals surface area contributed by atoms with E-state index in [1.165, 1.54) is 0 Å². The number of carbonyl (C=O) groups is 2. The number of halogens is 1. The van der Waals surface area contributed by atoms with Crippen LogP contribution in [0.4, 0.5) is 0 Å². The Morgan fingerprint density at radius 2 is 1.71 bits per heavy atom. The van der Waals surface area contributed by atoms with Crippen molar-refractivity contribution in [1.82, 2.24) is 10.9 Å². The van der Waals surface area contributed by atoms with Crippen LogP contribution in [-0.4, -0.2) is 17.9 Å². The van der Waals surface area contributed by atoms with E-state index in [0.29, 0.717) is 16.3 Å². The Kier molecular flexibility index (Phi) is 5.82. The minimum Gasteiger partial charge on any atom is -0.481 e. The molecule has 0 fully saturated rings. The summed E-state index contributed by atoms with van der Waals surface area (Å²) in [4.78, 5) is 24.0. The fourth-order valence-corrected chi connectivity index (χ4v) is 2.21. The monoisotopic (exact) mass is 346 g/mol. The van der Waals surface area contributed by atoms with Gasteiger partial charge in [0.25, 0.3) is 11.8 Å². The topological polar surface area (TPSA) is 67.4 Å². The molecule has 1 unspecified atom stereocenters. The maximum atomic E-state index is 12.0. The van der Waals surface area contributed by atoms with Crippen molar-refractivity contribution in [1.29, 1.82) is 0 Å². The predicted octanol–water partition coefficient (Wildman–Crippen LogP) is 3.19. The number of carbonyl (C=O) groups excluding carboxylic acids is 2. The molecular weight excluding hydrogens is 328 g/mol. The third-order valence-electron chi connectivity index (χ3n) is 3.42. The van der Waals surface area contributed by atoms with E-state index in [-0.39, 0.29) is 0 Å². The molecule has 24 heavy (non-hydrogen) atoms. The van der Waals surface area contributed by atoms with Crippen molar-refractivity contribution >= 4 is 23.4 Å². The zero-order valence-electron chi connectivity index (χ0n) is 13.7. The lowest BCUT2D eigenvalue weighted by atomic mass is 10.1. The van der Waals surface area contributed by atoms with Gasteiger partial charge in [-0.1, -0.05) is 29.3 Å². The summed E-state index contributed by atoms with van der Waals surface area (Å²) in [6.07, 6.45) is -0.775. The first-order chi connectivity index (χ1) is 11.4. The molecule has 0 aliphatic rings. The second-order valence-electron chi connectivity index (χ2n) is 5.48. The van der Waals surface area contributed by atoms with Crippen LogP contribution in [0.1, 0.15) is 28.4 Å². The number of aryl methyl sites for hydroxylation is 2. The summed E-state index contributed by atoms with van der Waals surface area (Å²) in [5, 5.41) is 0.599. The zero-order valence-corrected chi connectivity index (χ0v) is 14.5. The van der Waals surface area contributed by atoms with Gasteiger partial charge < -0.3 is 4.74 Å². The smallest absolute Gasteiger partial charge is 0.279 e. The average molecular weight is 347 g/mol. The van der Waals surface area contributed by atoms with Gasteiger partial charge >= 0.3 is 0 Å². The Hall–Kier alpha value is -2.53. The van der Waals surface area contributed by atoms with Gasteiger partial charge in [-0.25, -0.2) is 0 Å². The summed E-state index contributed by atoms with van der Waals surface area (Å²) in [5.74, 6) is -0.282. The summed E-state index contributed by atoms with van der Waals surface area (Å²) in [5.41, 5.74) is 7.06. The van der Waals surface area contributed by atoms with Gasteiger partial charge in [-0.15, -0.1) is 0 Å². The van der Waals surface area contributed by atoms with Crippen molar-refractivity contribution in [3.05, 3.63) is 64.2 Å². The van der Waals surface area contributed by atoms with Gasteiger partial charge in [0, 0.05) is 10.6 Å². The van der Waals surface area contributed by atoms with Gasteiger partial charge in [0.05, 0.1) is 0 Å². The average Bonchev–Trinajstić information content (AvgIpc) is 2.55. The van der Waals surface area contributed by atoms with E-state index in [1.54, 1.807) is 37.3 Å². The minimum atomic E-state index is -0.775. The Morgan fingerprint density at radius 3 is 2.33 bits per heavy atom. The molecule has 0 aliphatic carbocycles. The van der Waals surface area contributed by atoms with Crippen molar-refractivity contribution in [2.24, 2.45) is 0 Å². The molecule has 6 heteroatoms. The van der Waals surface area contributed by atoms with E-state index in [9.17, 15) is 9.59 Å². The van der Waals surface area contributed by atoms with Gasteiger partial charge in [-0.05, 0) is 56.7 Å².